The largest absolute Gasteiger partial charge is 0.316 e. The predicted octanol–water partition coefficient (Wildman–Crippen LogP) is 0.311. The summed E-state index contributed by atoms with van der Waals surface area (Å²) in [5.74, 6) is 0.558. The molecule has 1 amide bonds. The Morgan fingerprint density at radius 2 is 2.00 bits per heavy atom. The molecule has 0 radical (unpaired) electrons. The van der Waals surface area contributed by atoms with Crippen LogP contribution in [0.1, 0.15) is 20.8 Å². The van der Waals surface area contributed by atoms with Gasteiger partial charge in [0, 0.05) is 7.05 Å². The van der Waals surface area contributed by atoms with Crippen molar-refractivity contribution in [3.63, 3.8) is 0 Å². The van der Waals surface area contributed by atoms with Gasteiger partial charge in [-0.2, -0.15) is 5.10 Å². The summed E-state index contributed by atoms with van der Waals surface area (Å²) in [5.41, 5.74) is 2.52. The highest BCUT2D eigenvalue weighted by molar-refractivity contribution is 5.88. The van der Waals surface area contributed by atoms with Crippen LogP contribution in [0.25, 0.3) is 0 Å². The number of carbonyl (C=O) groups is 1. The zero-order chi connectivity index (χ0) is 8.41. The molecule has 60 valence electrons. The van der Waals surface area contributed by atoms with Crippen molar-refractivity contribution in [2.45, 2.75) is 20.8 Å². The fourth-order valence-corrected chi connectivity index (χ4v) is 0.285. The van der Waals surface area contributed by atoms with E-state index in [1.807, 2.05) is 13.8 Å². The van der Waals surface area contributed by atoms with Crippen molar-refractivity contribution in [1.82, 2.24) is 10.7 Å². The van der Waals surface area contributed by atoms with Crippen molar-refractivity contribution in [3.8, 4) is 0 Å². The van der Waals surface area contributed by atoms with Gasteiger partial charge in [0.05, 0.1) is 0 Å². The first-order valence-corrected chi connectivity index (χ1v) is 3.22. The Morgan fingerprint density at radius 3 is 2.30 bits per heavy atom. The molecule has 0 aliphatic carbocycles. The monoisotopic (exact) mass is 145 g/mol. The average Bonchev–Trinajstić information content (AvgIpc) is 1.93. The molecule has 10 heavy (non-hydrogen) atoms. The number of hydrazone groups is 1. The Morgan fingerprint density at radius 1 is 1.50 bits per heavy atom. The number of nitrogens with one attached hydrogen (secondary N) is 2. The van der Waals surface area contributed by atoms with Crippen molar-refractivity contribution in [2.75, 3.05) is 7.05 Å². The molecule has 4 heteroatoms. The average molecular weight is 145 g/mol. The fourth-order valence-electron chi connectivity index (χ4n) is 0.285. The van der Waals surface area contributed by atoms with E-state index in [4.69, 9.17) is 0 Å². The maximum Gasteiger partial charge on any atom is 0.212 e. The normalized spacial score (nSPS) is 9.00. The van der Waals surface area contributed by atoms with Crippen LogP contribution in [0, 0.1) is 0 Å². The van der Waals surface area contributed by atoms with Crippen LogP contribution in [-0.4, -0.2) is 19.3 Å². The Balaban J connectivity index is 0. The van der Waals surface area contributed by atoms with Gasteiger partial charge in [0.2, 0.25) is 6.41 Å². The van der Waals surface area contributed by atoms with E-state index >= 15 is 0 Å². The van der Waals surface area contributed by atoms with Gasteiger partial charge >= 0.3 is 0 Å². The van der Waals surface area contributed by atoms with Gasteiger partial charge in [-0.05, 0) is 6.92 Å². The van der Waals surface area contributed by atoms with E-state index in [-0.39, 0.29) is 0 Å². The van der Waals surface area contributed by atoms with Crippen molar-refractivity contribution in [2.24, 2.45) is 5.10 Å². The first kappa shape index (κ1) is 11.7. The van der Waals surface area contributed by atoms with Crippen LogP contribution >= 0.6 is 0 Å². The van der Waals surface area contributed by atoms with E-state index < -0.39 is 0 Å². The van der Waals surface area contributed by atoms with Crippen molar-refractivity contribution in [3.05, 3.63) is 0 Å². The molecule has 0 saturated heterocycles. The molecule has 0 aromatic carbocycles. The lowest BCUT2D eigenvalue weighted by molar-refractivity contribution is -0.108. The highest BCUT2D eigenvalue weighted by atomic mass is 16.1. The summed E-state index contributed by atoms with van der Waals surface area (Å²) in [6.07, 6.45) is 0.580. The summed E-state index contributed by atoms with van der Waals surface area (Å²) in [6.45, 7) is 5.69. The third-order valence-corrected chi connectivity index (χ3v) is 0.547. The molecule has 0 aliphatic rings. The lowest BCUT2D eigenvalue weighted by atomic mass is 10.7. The number of carbonyl (C=O) groups excluding carboxylic acids is 1. The quantitative estimate of drug-likeness (QED) is 0.254. The summed E-state index contributed by atoms with van der Waals surface area (Å²) in [5, 5.41) is 5.99. The van der Waals surface area contributed by atoms with Crippen LogP contribution in [0.3, 0.4) is 0 Å². The van der Waals surface area contributed by atoms with E-state index in [1.54, 1.807) is 14.0 Å². The number of rotatable bonds is 2. The predicted molar refractivity (Wildman–Crippen MR) is 42.7 cm³/mol. The second-order valence-electron chi connectivity index (χ2n) is 1.18. The van der Waals surface area contributed by atoms with Crippen molar-refractivity contribution < 1.29 is 4.79 Å². The third-order valence-electron chi connectivity index (χ3n) is 0.547. The van der Waals surface area contributed by atoms with Gasteiger partial charge in [-0.15, -0.1) is 0 Å². The topological polar surface area (TPSA) is 53.5 Å². The molecule has 0 saturated carbocycles. The SMILES string of the molecule is CC.CN/N=C(/C)NC=O. The zero-order valence-corrected chi connectivity index (χ0v) is 6.93. The first-order chi connectivity index (χ1) is 4.81. The lowest BCUT2D eigenvalue weighted by Gasteiger charge is -1.92. The molecule has 0 aromatic rings. The Bertz CT molecular complexity index is 101. The minimum Gasteiger partial charge on any atom is -0.316 e. The smallest absolute Gasteiger partial charge is 0.212 e. The molecule has 0 heterocycles. The highest BCUT2D eigenvalue weighted by Crippen LogP contribution is 1.60. The maximum absolute atomic E-state index is 9.67. The molecule has 0 aliphatic heterocycles. The first-order valence-electron chi connectivity index (χ1n) is 3.22. The van der Waals surface area contributed by atoms with E-state index in [0.717, 1.165) is 0 Å². The molecule has 2 N–H and O–H groups in total. The number of amides is 1. The van der Waals surface area contributed by atoms with Crippen LogP contribution < -0.4 is 10.7 Å². The van der Waals surface area contributed by atoms with Gasteiger partial charge in [0.15, 0.2) is 0 Å². The van der Waals surface area contributed by atoms with E-state index in [1.165, 1.54) is 0 Å². The summed E-state index contributed by atoms with van der Waals surface area (Å²) in [7, 11) is 1.66. The van der Waals surface area contributed by atoms with Crippen molar-refractivity contribution >= 4 is 12.2 Å². The molecular weight excluding hydrogens is 130 g/mol. The molecule has 0 fully saturated rings. The molecule has 0 atom stereocenters. The van der Waals surface area contributed by atoms with Crippen LogP contribution in [0.2, 0.25) is 0 Å². The Labute approximate surface area is 61.7 Å². The zero-order valence-electron chi connectivity index (χ0n) is 6.93. The van der Waals surface area contributed by atoms with Gasteiger partial charge in [-0.3, -0.25) is 4.79 Å². The molecule has 0 unspecified atom stereocenters. The highest BCUT2D eigenvalue weighted by Gasteiger charge is 1.80. The summed E-state index contributed by atoms with van der Waals surface area (Å²) in [6, 6.07) is 0. The standard InChI is InChI=1S/C4H9N3O.C2H6/c1-4(6-3-8)7-5-2;1-2/h3,5H,1-2H3,(H,6,7,8);1-2H3. The lowest BCUT2D eigenvalue weighted by Crippen LogP contribution is -2.20. The van der Waals surface area contributed by atoms with E-state index in [0.29, 0.717) is 12.2 Å². The molecule has 4 nitrogen and oxygen atoms in total. The summed E-state index contributed by atoms with van der Waals surface area (Å²) in [4.78, 5) is 9.67. The second-order valence-corrected chi connectivity index (χ2v) is 1.18. The molecule has 0 rings (SSSR count). The minimum absolute atomic E-state index is 0.558. The minimum atomic E-state index is 0.558. The molecular formula is C6H15N3O. The molecule has 0 aromatic heterocycles. The molecule has 0 bridgehead atoms. The third kappa shape index (κ3) is 10.0. The number of amidine groups is 1. The number of hydrogen-bond donors (Lipinski definition) is 2. The Hall–Kier alpha value is -1.06. The number of hydrogen-bond acceptors (Lipinski definition) is 3. The van der Waals surface area contributed by atoms with Gasteiger partial charge in [-0.25, -0.2) is 0 Å². The van der Waals surface area contributed by atoms with Crippen LogP contribution in [-0.2, 0) is 4.79 Å². The number of nitrogens with zero attached hydrogens (tertiary/aromatic N) is 1. The second kappa shape index (κ2) is 10.8. The summed E-state index contributed by atoms with van der Waals surface area (Å²) >= 11 is 0. The van der Waals surface area contributed by atoms with Crippen molar-refractivity contribution in [1.29, 1.82) is 0 Å². The van der Waals surface area contributed by atoms with Gasteiger partial charge < -0.3 is 10.7 Å². The summed E-state index contributed by atoms with van der Waals surface area (Å²) < 4.78 is 0. The van der Waals surface area contributed by atoms with Gasteiger partial charge in [0.25, 0.3) is 0 Å². The van der Waals surface area contributed by atoms with Gasteiger partial charge in [0.1, 0.15) is 5.84 Å². The van der Waals surface area contributed by atoms with Crippen LogP contribution in [0.4, 0.5) is 0 Å². The Kier molecular flexibility index (Phi) is 12.7. The van der Waals surface area contributed by atoms with Crippen LogP contribution in [0.5, 0.6) is 0 Å². The maximum atomic E-state index is 9.67. The fraction of sp³-hybridized carbons (Fsp3) is 0.667. The van der Waals surface area contributed by atoms with E-state index in [9.17, 15) is 4.79 Å². The van der Waals surface area contributed by atoms with Gasteiger partial charge in [-0.1, -0.05) is 13.8 Å². The molecule has 0 spiro atoms. The van der Waals surface area contributed by atoms with Crippen LogP contribution in [0.15, 0.2) is 5.10 Å². The van der Waals surface area contributed by atoms with E-state index in [2.05, 4.69) is 15.8 Å².